The molecular formula is C60H96NO7+. The Morgan fingerprint density at radius 1 is 0.441 bits per heavy atom. The summed E-state index contributed by atoms with van der Waals surface area (Å²) in [6.07, 6.45) is 70.7. The van der Waals surface area contributed by atoms with Crippen LogP contribution in [0.15, 0.2) is 134 Å². The van der Waals surface area contributed by atoms with Gasteiger partial charge in [-0.05, 0) is 109 Å². The number of carboxylic acids is 1. The molecule has 0 fully saturated rings. The van der Waals surface area contributed by atoms with E-state index in [1.54, 1.807) is 0 Å². The van der Waals surface area contributed by atoms with Crippen molar-refractivity contribution in [3.05, 3.63) is 134 Å². The number of carboxylic acid groups (broad SMARTS) is 1. The predicted octanol–water partition coefficient (Wildman–Crippen LogP) is 15.5. The van der Waals surface area contributed by atoms with Crippen molar-refractivity contribution in [3.63, 3.8) is 0 Å². The van der Waals surface area contributed by atoms with Crippen LogP contribution in [0.5, 0.6) is 0 Å². The minimum atomic E-state index is -0.889. The largest absolute Gasteiger partial charge is 0.477 e. The SMILES string of the molecule is CC/C=C/C/C=C/C/C=C/C/C=C/C/C=C/C/C=C/CCCCC(=O)OCC(COCCC(C(=O)O)[N+](C)(C)C)OC(=O)CCCCCCCCC/C=C/C/C=C/C/C=C/C/C=C/C/C=C/CC. The number of carbonyl (C=O) groups excluding carboxylic acids is 2. The molecule has 382 valence electrons. The van der Waals surface area contributed by atoms with Crippen molar-refractivity contribution in [1.29, 1.82) is 0 Å². The maximum Gasteiger partial charge on any atom is 0.362 e. The summed E-state index contributed by atoms with van der Waals surface area (Å²) >= 11 is 0. The maximum atomic E-state index is 12.8. The summed E-state index contributed by atoms with van der Waals surface area (Å²) in [5.41, 5.74) is 0. The molecule has 8 nitrogen and oxygen atoms in total. The van der Waals surface area contributed by atoms with E-state index in [1.165, 1.54) is 19.3 Å². The lowest BCUT2D eigenvalue weighted by Crippen LogP contribution is -2.50. The molecule has 0 aliphatic rings. The number of carbonyl (C=O) groups is 3. The zero-order chi connectivity index (χ0) is 49.9. The summed E-state index contributed by atoms with van der Waals surface area (Å²) in [5.74, 6) is -1.55. The summed E-state index contributed by atoms with van der Waals surface area (Å²) in [7, 11) is 5.50. The van der Waals surface area contributed by atoms with E-state index in [2.05, 4.69) is 148 Å². The third-order valence-electron chi connectivity index (χ3n) is 10.8. The van der Waals surface area contributed by atoms with Crippen molar-refractivity contribution in [2.75, 3.05) is 41.0 Å². The van der Waals surface area contributed by atoms with Gasteiger partial charge in [-0.2, -0.15) is 0 Å². The molecule has 0 aliphatic heterocycles. The van der Waals surface area contributed by atoms with E-state index in [-0.39, 0.29) is 42.7 Å². The zero-order valence-corrected chi connectivity index (χ0v) is 43.5. The summed E-state index contributed by atoms with van der Waals surface area (Å²) < 4.78 is 17.3. The Balaban J connectivity index is 4.38. The minimum Gasteiger partial charge on any atom is -0.477 e. The van der Waals surface area contributed by atoms with Gasteiger partial charge in [0.05, 0.1) is 34.4 Å². The highest BCUT2D eigenvalue weighted by Gasteiger charge is 2.31. The van der Waals surface area contributed by atoms with Crippen LogP contribution in [-0.2, 0) is 28.6 Å². The van der Waals surface area contributed by atoms with Crippen molar-refractivity contribution in [1.82, 2.24) is 0 Å². The molecule has 2 unspecified atom stereocenters. The Bertz CT molecular complexity index is 1570. The molecule has 0 aliphatic carbocycles. The van der Waals surface area contributed by atoms with Crippen LogP contribution in [0.1, 0.15) is 174 Å². The number of allylic oxidation sites excluding steroid dienone is 22. The fourth-order valence-corrected chi connectivity index (χ4v) is 6.83. The van der Waals surface area contributed by atoms with E-state index >= 15 is 0 Å². The Hall–Kier alpha value is -4.53. The fourth-order valence-electron chi connectivity index (χ4n) is 6.83. The molecule has 1 N–H and O–H groups in total. The molecule has 0 aromatic heterocycles. The van der Waals surface area contributed by atoms with Crippen LogP contribution in [0.2, 0.25) is 0 Å². The molecule has 0 heterocycles. The first kappa shape index (κ1) is 63.5. The molecule has 0 bridgehead atoms. The van der Waals surface area contributed by atoms with Gasteiger partial charge in [-0.15, -0.1) is 0 Å². The molecule has 0 aromatic carbocycles. The first-order chi connectivity index (χ1) is 33.1. The molecule has 0 saturated carbocycles. The number of unbranched alkanes of at least 4 members (excludes halogenated alkanes) is 9. The Kier molecular flexibility index (Phi) is 45.7. The third-order valence-corrected chi connectivity index (χ3v) is 10.8. The second-order valence-corrected chi connectivity index (χ2v) is 18.0. The van der Waals surface area contributed by atoms with E-state index < -0.39 is 18.1 Å². The molecule has 2 atom stereocenters. The molecule has 0 saturated heterocycles. The standard InChI is InChI=1S/C60H95NO7/c1-6-8-10-12-14-16-18-20-22-24-26-28-29-31-33-35-37-39-41-43-45-47-49-51-59(63)68-56(54-66-53-52-57(60(64)65)61(3,4)5)55-67-58(62)50-48-46-44-42-40-38-36-34-32-30-27-25-23-21-19-17-15-13-11-9-7-2/h8-11,14-17,20-23,26-28,30-31,33-34,36,40,42,56-57H,6-7,12-13,18-19,24-25,29,32,35,37-39,41,43-55H2,1-5H3/p+1/b10-8+,11-9+,16-14+,17-15+,22-20+,23-21+,28-26+,30-27+,33-31+,36-34+,42-40+. The number of likely N-dealkylation sites (N-methyl/N-ethyl adjacent to an activating group) is 1. The van der Waals surface area contributed by atoms with Crippen molar-refractivity contribution < 1.29 is 38.2 Å². The van der Waals surface area contributed by atoms with E-state index in [1.807, 2.05) is 21.1 Å². The van der Waals surface area contributed by atoms with Gasteiger partial charge in [0.25, 0.3) is 0 Å². The van der Waals surface area contributed by atoms with E-state index in [0.29, 0.717) is 19.3 Å². The van der Waals surface area contributed by atoms with Gasteiger partial charge >= 0.3 is 17.9 Å². The molecule has 0 spiro atoms. The van der Waals surface area contributed by atoms with Gasteiger partial charge < -0.3 is 23.8 Å². The van der Waals surface area contributed by atoms with E-state index in [9.17, 15) is 19.5 Å². The lowest BCUT2D eigenvalue weighted by atomic mass is 10.1. The lowest BCUT2D eigenvalue weighted by molar-refractivity contribution is -0.887. The Labute approximate surface area is 415 Å². The Morgan fingerprint density at radius 3 is 1.18 bits per heavy atom. The highest BCUT2D eigenvalue weighted by molar-refractivity contribution is 5.72. The summed E-state index contributed by atoms with van der Waals surface area (Å²) in [6.45, 7) is 4.43. The number of aliphatic carboxylic acids is 1. The molecule has 8 heteroatoms. The minimum absolute atomic E-state index is 0.0325. The van der Waals surface area contributed by atoms with Crippen LogP contribution >= 0.6 is 0 Å². The van der Waals surface area contributed by atoms with Crippen LogP contribution in [0.25, 0.3) is 0 Å². The molecule has 0 aromatic rings. The molecule has 0 rings (SSSR count). The average molecular weight is 943 g/mol. The van der Waals surface area contributed by atoms with Gasteiger partial charge in [-0.3, -0.25) is 9.59 Å². The topological polar surface area (TPSA) is 99.1 Å². The van der Waals surface area contributed by atoms with E-state index in [0.717, 1.165) is 116 Å². The van der Waals surface area contributed by atoms with Gasteiger partial charge in [-0.25, -0.2) is 4.79 Å². The average Bonchev–Trinajstić information content (AvgIpc) is 3.30. The highest BCUT2D eigenvalue weighted by Crippen LogP contribution is 2.13. The normalized spacial score (nSPS) is 14.0. The van der Waals surface area contributed by atoms with Gasteiger partial charge in [0, 0.05) is 19.3 Å². The summed E-state index contributed by atoms with van der Waals surface area (Å²) in [5, 5.41) is 9.66. The summed E-state index contributed by atoms with van der Waals surface area (Å²) in [6, 6.07) is -0.634. The van der Waals surface area contributed by atoms with Crippen molar-refractivity contribution in [2.24, 2.45) is 0 Å². The molecule has 68 heavy (non-hydrogen) atoms. The van der Waals surface area contributed by atoms with Crippen molar-refractivity contribution in [3.8, 4) is 0 Å². The second kappa shape index (κ2) is 48.9. The number of rotatable bonds is 45. The third kappa shape index (κ3) is 46.6. The van der Waals surface area contributed by atoms with Crippen LogP contribution in [0.3, 0.4) is 0 Å². The van der Waals surface area contributed by atoms with Gasteiger partial charge in [0.15, 0.2) is 12.1 Å². The van der Waals surface area contributed by atoms with Crippen LogP contribution in [0.4, 0.5) is 0 Å². The quantitative estimate of drug-likeness (QED) is 0.0281. The van der Waals surface area contributed by atoms with Gasteiger partial charge in [0.2, 0.25) is 0 Å². The van der Waals surface area contributed by atoms with Gasteiger partial charge in [0.1, 0.15) is 6.61 Å². The fraction of sp³-hybridized carbons (Fsp3) is 0.583. The van der Waals surface area contributed by atoms with Crippen molar-refractivity contribution >= 4 is 17.9 Å². The van der Waals surface area contributed by atoms with Crippen molar-refractivity contribution in [2.45, 2.75) is 187 Å². The lowest BCUT2D eigenvalue weighted by Gasteiger charge is -2.31. The number of ether oxygens (including phenoxy) is 3. The van der Waals surface area contributed by atoms with Crippen LogP contribution < -0.4 is 0 Å². The maximum absolute atomic E-state index is 12.8. The predicted molar refractivity (Wildman–Crippen MR) is 288 cm³/mol. The van der Waals surface area contributed by atoms with E-state index in [4.69, 9.17) is 14.2 Å². The monoisotopic (exact) mass is 943 g/mol. The number of hydrogen-bond donors (Lipinski definition) is 1. The number of esters is 2. The van der Waals surface area contributed by atoms with Crippen LogP contribution in [-0.4, -0.2) is 80.6 Å². The number of nitrogens with zero attached hydrogens (tertiary/aromatic N) is 1. The Morgan fingerprint density at radius 2 is 0.779 bits per heavy atom. The molecule has 0 amide bonds. The number of hydrogen-bond acceptors (Lipinski definition) is 6. The first-order valence-corrected chi connectivity index (χ1v) is 26.2. The summed E-state index contributed by atoms with van der Waals surface area (Å²) in [4.78, 5) is 37.2. The first-order valence-electron chi connectivity index (χ1n) is 26.2. The highest BCUT2D eigenvalue weighted by atomic mass is 16.6. The zero-order valence-electron chi connectivity index (χ0n) is 43.5. The number of quaternary nitrogens is 1. The van der Waals surface area contributed by atoms with Crippen LogP contribution in [0, 0.1) is 0 Å². The molecule has 0 radical (unpaired) electrons. The smallest absolute Gasteiger partial charge is 0.362 e. The second-order valence-electron chi connectivity index (χ2n) is 18.0. The van der Waals surface area contributed by atoms with Gasteiger partial charge in [-0.1, -0.05) is 180 Å². The molecular weight excluding hydrogens is 847 g/mol.